The number of halogens is 1. The molecular weight excluding hydrogens is 293 g/mol. The molecule has 1 aliphatic rings. The molecule has 116 valence electrons. The first-order chi connectivity index (χ1) is 11.2. The SMILES string of the molecule is O=C(Cc1c[nH]c2ncccc12)NC1CCc2c(F)cccc21. The number of nitrogens with one attached hydrogen (secondary N) is 2. The van der Waals surface area contributed by atoms with E-state index in [2.05, 4.69) is 15.3 Å². The van der Waals surface area contributed by atoms with Crippen LogP contribution in [0, 0.1) is 5.82 Å². The summed E-state index contributed by atoms with van der Waals surface area (Å²) in [4.78, 5) is 19.7. The average Bonchev–Trinajstić information content (AvgIpc) is 3.14. The van der Waals surface area contributed by atoms with Gasteiger partial charge in [0.25, 0.3) is 0 Å². The van der Waals surface area contributed by atoms with Crippen molar-refractivity contribution < 1.29 is 9.18 Å². The number of nitrogens with zero attached hydrogens (tertiary/aromatic N) is 1. The van der Waals surface area contributed by atoms with Crippen LogP contribution in [0.4, 0.5) is 4.39 Å². The number of amides is 1. The minimum Gasteiger partial charge on any atom is -0.349 e. The lowest BCUT2D eigenvalue weighted by atomic mass is 10.1. The quantitative estimate of drug-likeness (QED) is 0.781. The van der Waals surface area contributed by atoms with Crippen LogP contribution in [0.5, 0.6) is 0 Å². The molecule has 5 heteroatoms. The Morgan fingerprint density at radius 1 is 1.35 bits per heavy atom. The van der Waals surface area contributed by atoms with Gasteiger partial charge in [-0.15, -0.1) is 0 Å². The minimum atomic E-state index is -0.179. The maximum Gasteiger partial charge on any atom is 0.224 e. The third-order valence-corrected chi connectivity index (χ3v) is 4.44. The highest BCUT2D eigenvalue weighted by atomic mass is 19.1. The van der Waals surface area contributed by atoms with Gasteiger partial charge >= 0.3 is 0 Å². The Morgan fingerprint density at radius 2 is 2.26 bits per heavy atom. The van der Waals surface area contributed by atoms with Crippen molar-refractivity contribution in [2.75, 3.05) is 0 Å². The van der Waals surface area contributed by atoms with Gasteiger partial charge in [-0.25, -0.2) is 9.37 Å². The summed E-state index contributed by atoms with van der Waals surface area (Å²) in [5.74, 6) is -0.237. The number of carbonyl (C=O) groups excluding carboxylic acids is 1. The monoisotopic (exact) mass is 309 g/mol. The standard InChI is InChI=1S/C18H16FN3O/c19-15-5-1-3-14-13(15)6-7-16(14)22-17(23)9-11-10-21-18-12(11)4-2-8-20-18/h1-5,8,10,16H,6-7,9H2,(H,20,21)(H,22,23). The second kappa shape index (κ2) is 5.50. The average molecular weight is 309 g/mol. The zero-order chi connectivity index (χ0) is 15.8. The molecule has 0 radical (unpaired) electrons. The van der Waals surface area contributed by atoms with Crippen LogP contribution in [0.25, 0.3) is 11.0 Å². The molecule has 2 heterocycles. The first-order valence-electron chi connectivity index (χ1n) is 7.70. The predicted octanol–water partition coefficient (Wildman–Crippen LogP) is 3.05. The van der Waals surface area contributed by atoms with E-state index in [0.717, 1.165) is 34.1 Å². The smallest absolute Gasteiger partial charge is 0.224 e. The molecule has 0 spiro atoms. The zero-order valence-corrected chi connectivity index (χ0v) is 12.5. The predicted molar refractivity (Wildman–Crippen MR) is 85.4 cm³/mol. The molecule has 4 rings (SSSR count). The van der Waals surface area contributed by atoms with Crippen molar-refractivity contribution in [2.24, 2.45) is 0 Å². The lowest BCUT2D eigenvalue weighted by Crippen LogP contribution is -2.28. The van der Waals surface area contributed by atoms with Crippen molar-refractivity contribution in [2.45, 2.75) is 25.3 Å². The van der Waals surface area contributed by atoms with E-state index in [1.54, 1.807) is 12.3 Å². The number of aromatic nitrogens is 2. The Labute approximate surface area is 132 Å². The van der Waals surface area contributed by atoms with Gasteiger partial charge in [-0.2, -0.15) is 0 Å². The largest absolute Gasteiger partial charge is 0.349 e. The molecular formula is C18H16FN3O. The van der Waals surface area contributed by atoms with Gasteiger partial charge in [-0.05, 0) is 47.7 Å². The number of rotatable bonds is 3. The summed E-state index contributed by atoms with van der Waals surface area (Å²) in [6, 6.07) is 8.77. The lowest BCUT2D eigenvalue weighted by molar-refractivity contribution is -0.121. The molecule has 0 saturated carbocycles. The van der Waals surface area contributed by atoms with Gasteiger partial charge in [0.1, 0.15) is 11.5 Å². The van der Waals surface area contributed by atoms with E-state index in [1.807, 2.05) is 24.4 Å². The highest BCUT2D eigenvalue weighted by Crippen LogP contribution is 2.32. The normalized spacial score (nSPS) is 16.5. The highest BCUT2D eigenvalue weighted by Gasteiger charge is 2.26. The first-order valence-corrected chi connectivity index (χ1v) is 7.70. The summed E-state index contributed by atoms with van der Waals surface area (Å²) in [6.45, 7) is 0. The molecule has 1 aliphatic carbocycles. The number of carbonyl (C=O) groups is 1. The zero-order valence-electron chi connectivity index (χ0n) is 12.5. The number of pyridine rings is 1. The van der Waals surface area contributed by atoms with E-state index in [1.165, 1.54) is 6.07 Å². The van der Waals surface area contributed by atoms with E-state index in [4.69, 9.17) is 0 Å². The van der Waals surface area contributed by atoms with E-state index in [0.29, 0.717) is 6.42 Å². The van der Waals surface area contributed by atoms with Gasteiger partial charge in [0.15, 0.2) is 0 Å². The van der Waals surface area contributed by atoms with Gasteiger partial charge < -0.3 is 10.3 Å². The summed E-state index contributed by atoms with van der Waals surface area (Å²) in [7, 11) is 0. The van der Waals surface area contributed by atoms with E-state index >= 15 is 0 Å². The number of fused-ring (bicyclic) bond motifs is 2. The van der Waals surface area contributed by atoms with Crippen molar-refractivity contribution >= 4 is 16.9 Å². The van der Waals surface area contributed by atoms with E-state index in [-0.39, 0.29) is 24.2 Å². The summed E-state index contributed by atoms with van der Waals surface area (Å²) in [6.07, 6.45) is 5.24. The molecule has 2 aromatic heterocycles. The van der Waals surface area contributed by atoms with Gasteiger partial charge in [0.05, 0.1) is 12.5 Å². The van der Waals surface area contributed by atoms with Crippen molar-refractivity contribution in [3.05, 3.63) is 65.2 Å². The maximum atomic E-state index is 13.8. The molecule has 0 bridgehead atoms. The summed E-state index contributed by atoms with van der Waals surface area (Å²) >= 11 is 0. The molecule has 0 aliphatic heterocycles. The van der Waals surface area contributed by atoms with Crippen LogP contribution < -0.4 is 5.32 Å². The summed E-state index contributed by atoms with van der Waals surface area (Å²) in [5, 5.41) is 3.98. The summed E-state index contributed by atoms with van der Waals surface area (Å²) in [5.41, 5.74) is 3.33. The molecule has 4 nitrogen and oxygen atoms in total. The van der Waals surface area contributed by atoms with Crippen molar-refractivity contribution in [1.29, 1.82) is 0 Å². The van der Waals surface area contributed by atoms with Crippen LogP contribution >= 0.6 is 0 Å². The fourth-order valence-corrected chi connectivity index (χ4v) is 3.34. The Balaban J connectivity index is 1.51. The Kier molecular flexibility index (Phi) is 3.33. The molecule has 0 fully saturated rings. The van der Waals surface area contributed by atoms with Crippen LogP contribution in [-0.4, -0.2) is 15.9 Å². The van der Waals surface area contributed by atoms with Gasteiger partial charge in [-0.1, -0.05) is 12.1 Å². The van der Waals surface area contributed by atoms with Gasteiger partial charge in [0, 0.05) is 17.8 Å². The van der Waals surface area contributed by atoms with Crippen LogP contribution in [0.2, 0.25) is 0 Å². The molecule has 3 aromatic rings. The number of hydrogen-bond acceptors (Lipinski definition) is 2. The number of hydrogen-bond donors (Lipinski definition) is 2. The summed E-state index contributed by atoms with van der Waals surface area (Å²) < 4.78 is 13.8. The minimum absolute atomic E-state index is 0.0585. The number of H-pyrrole nitrogens is 1. The van der Waals surface area contributed by atoms with Crippen LogP contribution in [0.1, 0.15) is 29.2 Å². The topological polar surface area (TPSA) is 57.8 Å². The highest BCUT2D eigenvalue weighted by molar-refractivity contribution is 5.87. The Bertz CT molecular complexity index is 887. The lowest BCUT2D eigenvalue weighted by Gasteiger charge is -2.14. The van der Waals surface area contributed by atoms with E-state index in [9.17, 15) is 9.18 Å². The maximum absolute atomic E-state index is 13.8. The van der Waals surface area contributed by atoms with Crippen molar-refractivity contribution in [3.63, 3.8) is 0 Å². The molecule has 2 N–H and O–H groups in total. The number of aromatic amines is 1. The van der Waals surface area contributed by atoms with Crippen molar-refractivity contribution in [1.82, 2.24) is 15.3 Å². The van der Waals surface area contributed by atoms with Crippen molar-refractivity contribution in [3.8, 4) is 0 Å². The van der Waals surface area contributed by atoms with Crippen LogP contribution in [0.15, 0.2) is 42.7 Å². The molecule has 1 aromatic carbocycles. The second-order valence-corrected chi connectivity index (χ2v) is 5.86. The van der Waals surface area contributed by atoms with E-state index < -0.39 is 0 Å². The molecule has 23 heavy (non-hydrogen) atoms. The first kappa shape index (κ1) is 13.9. The second-order valence-electron chi connectivity index (χ2n) is 5.86. The third kappa shape index (κ3) is 2.48. The molecule has 0 saturated heterocycles. The number of benzene rings is 1. The molecule has 1 atom stereocenters. The molecule has 1 amide bonds. The third-order valence-electron chi connectivity index (χ3n) is 4.44. The van der Waals surface area contributed by atoms with Crippen LogP contribution in [-0.2, 0) is 17.6 Å². The van der Waals surface area contributed by atoms with Crippen LogP contribution in [0.3, 0.4) is 0 Å². The fourth-order valence-electron chi connectivity index (χ4n) is 3.34. The van der Waals surface area contributed by atoms with Gasteiger partial charge in [-0.3, -0.25) is 4.79 Å². The Morgan fingerprint density at radius 3 is 3.17 bits per heavy atom. The molecule has 1 unspecified atom stereocenters. The fraction of sp³-hybridized carbons (Fsp3) is 0.222. The Hall–Kier alpha value is -2.69. The van der Waals surface area contributed by atoms with Gasteiger partial charge in [0.2, 0.25) is 5.91 Å².